The van der Waals surface area contributed by atoms with Crippen LogP contribution in [0.4, 0.5) is 0 Å². The Morgan fingerprint density at radius 2 is 2.05 bits per heavy atom. The molecule has 1 heterocycles. The number of carboxylic acids is 1. The average Bonchev–Trinajstić information content (AvgIpc) is 2.82. The minimum absolute atomic E-state index is 0.00195. The molecule has 0 aliphatic rings. The second kappa shape index (κ2) is 5.42. The first kappa shape index (κ1) is 14.2. The monoisotopic (exact) mass is 274 g/mol. The number of aromatic nitrogens is 3. The lowest BCUT2D eigenvalue weighted by Gasteiger charge is -2.27. The summed E-state index contributed by atoms with van der Waals surface area (Å²) in [6, 6.07) is 7.40. The van der Waals surface area contributed by atoms with Crippen LogP contribution >= 0.6 is 0 Å². The summed E-state index contributed by atoms with van der Waals surface area (Å²) >= 11 is 0. The van der Waals surface area contributed by atoms with Crippen molar-refractivity contribution in [2.24, 2.45) is 12.8 Å². The van der Waals surface area contributed by atoms with Crippen molar-refractivity contribution in [3.8, 4) is 0 Å². The number of hydrogen-bond donors (Lipinski definition) is 2. The third-order valence-electron chi connectivity index (χ3n) is 3.50. The summed E-state index contributed by atoms with van der Waals surface area (Å²) in [4.78, 5) is 11.8. The first-order valence-electron chi connectivity index (χ1n) is 6.34. The zero-order chi connectivity index (χ0) is 14.8. The largest absolute Gasteiger partial charge is 0.481 e. The lowest BCUT2D eigenvalue weighted by atomic mass is 9.76. The summed E-state index contributed by atoms with van der Waals surface area (Å²) in [6.45, 7) is 1.96. The molecule has 0 saturated heterocycles. The van der Waals surface area contributed by atoms with E-state index < -0.39 is 11.4 Å². The SMILES string of the molecule is Cc1ccc(C(CN)(Cc2cn(C)nn2)C(=O)O)cc1. The maximum Gasteiger partial charge on any atom is 0.315 e. The summed E-state index contributed by atoms with van der Waals surface area (Å²) < 4.78 is 1.55. The Morgan fingerprint density at radius 3 is 2.50 bits per heavy atom. The standard InChI is InChI=1S/C14H18N4O2/c1-10-3-5-11(6-4-10)14(9-15,13(19)20)7-12-8-18(2)17-16-12/h3-6,8H,7,9,15H2,1-2H3,(H,19,20). The molecule has 1 atom stereocenters. The Balaban J connectivity index is 2.44. The first-order valence-corrected chi connectivity index (χ1v) is 6.34. The minimum Gasteiger partial charge on any atom is -0.481 e. The zero-order valence-electron chi connectivity index (χ0n) is 11.6. The fraction of sp³-hybridized carbons (Fsp3) is 0.357. The Bertz CT molecular complexity index is 606. The van der Waals surface area contributed by atoms with E-state index >= 15 is 0 Å². The van der Waals surface area contributed by atoms with Crippen LogP contribution in [0.15, 0.2) is 30.5 Å². The van der Waals surface area contributed by atoms with Crippen LogP contribution in [0.25, 0.3) is 0 Å². The molecule has 1 aromatic heterocycles. The van der Waals surface area contributed by atoms with E-state index in [0.29, 0.717) is 11.3 Å². The Hall–Kier alpha value is -2.21. The first-order chi connectivity index (χ1) is 9.48. The highest BCUT2D eigenvalue weighted by atomic mass is 16.4. The Morgan fingerprint density at radius 1 is 1.40 bits per heavy atom. The van der Waals surface area contributed by atoms with Gasteiger partial charge in [-0.05, 0) is 12.5 Å². The smallest absolute Gasteiger partial charge is 0.315 e. The maximum absolute atomic E-state index is 11.8. The molecular weight excluding hydrogens is 256 g/mol. The minimum atomic E-state index is -1.18. The van der Waals surface area contributed by atoms with Crippen molar-refractivity contribution in [1.29, 1.82) is 0 Å². The van der Waals surface area contributed by atoms with Gasteiger partial charge in [0.2, 0.25) is 0 Å². The molecule has 2 aromatic rings. The Kier molecular flexibility index (Phi) is 3.85. The summed E-state index contributed by atoms with van der Waals surface area (Å²) in [5.41, 5.74) is 6.99. The molecule has 1 aromatic carbocycles. The summed E-state index contributed by atoms with van der Waals surface area (Å²) in [5.74, 6) is -0.950. The van der Waals surface area contributed by atoms with E-state index in [2.05, 4.69) is 10.3 Å². The van der Waals surface area contributed by atoms with Gasteiger partial charge in [-0.1, -0.05) is 35.0 Å². The van der Waals surface area contributed by atoms with Gasteiger partial charge in [0.05, 0.1) is 5.69 Å². The molecular formula is C14H18N4O2. The van der Waals surface area contributed by atoms with Gasteiger partial charge in [0, 0.05) is 26.2 Å². The number of rotatable bonds is 5. The van der Waals surface area contributed by atoms with Crippen molar-refractivity contribution in [3.63, 3.8) is 0 Å². The number of carbonyl (C=O) groups is 1. The van der Waals surface area contributed by atoms with Crippen molar-refractivity contribution in [1.82, 2.24) is 15.0 Å². The third kappa shape index (κ3) is 2.55. The lowest BCUT2D eigenvalue weighted by molar-refractivity contribution is -0.143. The average molecular weight is 274 g/mol. The lowest BCUT2D eigenvalue weighted by Crippen LogP contribution is -2.45. The summed E-state index contributed by atoms with van der Waals surface area (Å²) in [7, 11) is 1.74. The van der Waals surface area contributed by atoms with Gasteiger partial charge >= 0.3 is 5.97 Å². The van der Waals surface area contributed by atoms with Crippen molar-refractivity contribution in [3.05, 3.63) is 47.3 Å². The van der Waals surface area contributed by atoms with E-state index in [-0.39, 0.29) is 13.0 Å². The molecule has 2 rings (SSSR count). The van der Waals surface area contributed by atoms with Crippen molar-refractivity contribution in [2.45, 2.75) is 18.8 Å². The van der Waals surface area contributed by atoms with Gasteiger partial charge in [0.25, 0.3) is 0 Å². The normalized spacial score (nSPS) is 13.9. The molecule has 6 nitrogen and oxygen atoms in total. The van der Waals surface area contributed by atoms with Crippen LogP contribution in [0.3, 0.4) is 0 Å². The van der Waals surface area contributed by atoms with E-state index in [9.17, 15) is 9.90 Å². The van der Waals surface area contributed by atoms with Crippen molar-refractivity contribution >= 4 is 5.97 Å². The fourth-order valence-corrected chi connectivity index (χ4v) is 2.24. The number of benzene rings is 1. The van der Waals surface area contributed by atoms with Crippen LogP contribution < -0.4 is 5.73 Å². The molecule has 1 unspecified atom stereocenters. The number of nitrogens with zero attached hydrogens (tertiary/aromatic N) is 3. The molecule has 0 spiro atoms. The molecule has 6 heteroatoms. The van der Waals surface area contributed by atoms with Gasteiger partial charge in [-0.25, -0.2) is 0 Å². The van der Waals surface area contributed by atoms with E-state index in [1.54, 1.807) is 17.9 Å². The second-order valence-corrected chi connectivity index (χ2v) is 5.02. The predicted octanol–water partition coefficient (Wildman–Crippen LogP) is 0.647. The van der Waals surface area contributed by atoms with E-state index in [0.717, 1.165) is 5.56 Å². The van der Waals surface area contributed by atoms with Crippen molar-refractivity contribution in [2.75, 3.05) is 6.54 Å². The molecule has 0 saturated carbocycles. The van der Waals surface area contributed by atoms with Crippen LogP contribution in [0.2, 0.25) is 0 Å². The fourth-order valence-electron chi connectivity index (χ4n) is 2.24. The number of aryl methyl sites for hydroxylation is 2. The maximum atomic E-state index is 11.8. The third-order valence-corrected chi connectivity index (χ3v) is 3.50. The van der Waals surface area contributed by atoms with E-state index in [4.69, 9.17) is 5.73 Å². The quantitative estimate of drug-likeness (QED) is 0.834. The number of aliphatic carboxylic acids is 1. The van der Waals surface area contributed by atoms with Gasteiger partial charge in [0.15, 0.2) is 0 Å². The molecule has 0 aliphatic heterocycles. The molecule has 0 amide bonds. The molecule has 3 N–H and O–H groups in total. The number of carboxylic acid groups (broad SMARTS) is 1. The zero-order valence-corrected chi connectivity index (χ0v) is 11.6. The van der Waals surface area contributed by atoms with Crippen LogP contribution in [-0.2, 0) is 23.7 Å². The van der Waals surface area contributed by atoms with Crippen LogP contribution in [0.1, 0.15) is 16.8 Å². The molecule has 0 aliphatic carbocycles. The van der Waals surface area contributed by atoms with Crippen molar-refractivity contribution < 1.29 is 9.90 Å². The Labute approximate surface area is 117 Å². The van der Waals surface area contributed by atoms with Gasteiger partial charge in [-0.3, -0.25) is 9.48 Å². The van der Waals surface area contributed by atoms with Gasteiger partial charge < -0.3 is 10.8 Å². The van der Waals surface area contributed by atoms with Crippen LogP contribution in [-0.4, -0.2) is 32.6 Å². The summed E-state index contributed by atoms with van der Waals surface area (Å²) in [5, 5.41) is 17.5. The molecule has 0 radical (unpaired) electrons. The predicted molar refractivity (Wildman–Crippen MR) is 74.3 cm³/mol. The second-order valence-electron chi connectivity index (χ2n) is 5.02. The molecule has 106 valence electrons. The topological polar surface area (TPSA) is 94.0 Å². The van der Waals surface area contributed by atoms with E-state index in [1.165, 1.54) is 0 Å². The molecule has 20 heavy (non-hydrogen) atoms. The highest BCUT2D eigenvalue weighted by Crippen LogP contribution is 2.28. The number of nitrogens with two attached hydrogens (primary N) is 1. The number of hydrogen-bond acceptors (Lipinski definition) is 4. The molecule has 0 fully saturated rings. The van der Waals surface area contributed by atoms with Gasteiger partial charge in [-0.15, -0.1) is 5.10 Å². The van der Waals surface area contributed by atoms with Gasteiger partial charge in [-0.2, -0.15) is 0 Å². The van der Waals surface area contributed by atoms with Gasteiger partial charge in [0.1, 0.15) is 5.41 Å². The van der Waals surface area contributed by atoms with Crippen LogP contribution in [0.5, 0.6) is 0 Å². The highest BCUT2D eigenvalue weighted by molar-refractivity contribution is 5.82. The van der Waals surface area contributed by atoms with Crippen LogP contribution in [0, 0.1) is 6.92 Å². The van der Waals surface area contributed by atoms with E-state index in [1.807, 2.05) is 31.2 Å². The summed E-state index contributed by atoms with van der Waals surface area (Å²) in [6.07, 6.45) is 1.93. The highest BCUT2D eigenvalue weighted by Gasteiger charge is 2.40. The molecule has 0 bridgehead atoms.